The van der Waals surface area contributed by atoms with Crippen molar-refractivity contribution in [3.63, 3.8) is 0 Å². The number of carbonyl (C=O) groups is 1. The molecule has 2 rings (SSSR count). The lowest BCUT2D eigenvalue weighted by molar-refractivity contribution is 0.0592. The van der Waals surface area contributed by atoms with Gasteiger partial charge in [-0.25, -0.2) is 13.9 Å². The molecule has 0 unspecified atom stereocenters. The molecule has 0 saturated heterocycles. The number of hydrogen-bond acceptors (Lipinski definition) is 4. The second-order valence-electron chi connectivity index (χ2n) is 4.02. The summed E-state index contributed by atoms with van der Waals surface area (Å²) < 4.78 is 19.4. The van der Waals surface area contributed by atoms with Crippen molar-refractivity contribution in [2.45, 2.75) is 19.8 Å². The van der Waals surface area contributed by atoms with Gasteiger partial charge in [0.05, 0.1) is 18.5 Å². The predicted molar refractivity (Wildman–Crippen MR) is 66.7 cm³/mol. The van der Waals surface area contributed by atoms with E-state index in [9.17, 15) is 9.18 Å². The van der Waals surface area contributed by atoms with Gasteiger partial charge < -0.3 is 4.74 Å². The third kappa shape index (κ3) is 2.62. The van der Waals surface area contributed by atoms with E-state index in [-0.39, 0.29) is 11.5 Å². The van der Waals surface area contributed by atoms with Crippen LogP contribution >= 0.6 is 0 Å². The van der Waals surface area contributed by atoms with Gasteiger partial charge in [-0.2, -0.15) is 0 Å². The maximum Gasteiger partial charge on any atom is 0.360 e. The zero-order chi connectivity index (χ0) is 13.8. The zero-order valence-corrected chi connectivity index (χ0v) is 10.8. The van der Waals surface area contributed by atoms with Crippen LogP contribution in [0.2, 0.25) is 0 Å². The molecule has 6 heteroatoms. The minimum absolute atomic E-state index is 0.175. The zero-order valence-electron chi connectivity index (χ0n) is 10.8. The molecule has 100 valence electrons. The lowest BCUT2D eigenvalue weighted by Gasteiger charge is -2.06. The Morgan fingerprint density at radius 3 is 2.89 bits per heavy atom. The highest BCUT2D eigenvalue weighted by molar-refractivity contribution is 5.88. The van der Waals surface area contributed by atoms with Crippen LogP contribution in [0.5, 0.6) is 0 Å². The summed E-state index contributed by atoms with van der Waals surface area (Å²) in [5, 5.41) is 7.74. The topological polar surface area (TPSA) is 57.0 Å². The summed E-state index contributed by atoms with van der Waals surface area (Å²) in [6.45, 7) is 1.98. The van der Waals surface area contributed by atoms with Crippen molar-refractivity contribution in [2.24, 2.45) is 0 Å². The van der Waals surface area contributed by atoms with Gasteiger partial charge in [0.2, 0.25) is 0 Å². The minimum atomic E-state index is -0.536. The summed E-state index contributed by atoms with van der Waals surface area (Å²) >= 11 is 0. The van der Waals surface area contributed by atoms with Gasteiger partial charge in [0.1, 0.15) is 5.82 Å². The third-order valence-corrected chi connectivity index (χ3v) is 2.68. The second-order valence-corrected chi connectivity index (χ2v) is 4.02. The highest BCUT2D eigenvalue weighted by Gasteiger charge is 2.20. The maximum atomic E-state index is 13.2. The maximum absolute atomic E-state index is 13.2. The monoisotopic (exact) mass is 263 g/mol. The molecule has 5 nitrogen and oxygen atoms in total. The molecule has 0 atom stereocenters. The molecule has 0 aliphatic carbocycles. The smallest absolute Gasteiger partial charge is 0.360 e. The Bertz CT molecular complexity index is 595. The summed E-state index contributed by atoms with van der Waals surface area (Å²) in [6.07, 6.45) is 1.42. The Hall–Kier alpha value is -2.24. The average molecular weight is 263 g/mol. The molecule has 0 fully saturated rings. The number of esters is 1. The molecule has 1 aromatic carbocycles. The first-order valence-electron chi connectivity index (χ1n) is 5.96. The van der Waals surface area contributed by atoms with Crippen molar-refractivity contribution >= 4 is 5.97 Å². The fourth-order valence-electron chi connectivity index (χ4n) is 1.83. The van der Waals surface area contributed by atoms with Gasteiger partial charge in [-0.3, -0.25) is 0 Å². The number of carbonyl (C=O) groups excluding carboxylic acids is 1. The molecule has 0 saturated carbocycles. The molecule has 0 bridgehead atoms. The third-order valence-electron chi connectivity index (χ3n) is 2.68. The van der Waals surface area contributed by atoms with E-state index in [0.717, 1.165) is 6.42 Å². The Morgan fingerprint density at radius 1 is 1.47 bits per heavy atom. The molecule has 0 N–H and O–H groups in total. The molecule has 1 aromatic heterocycles. The number of nitrogens with zero attached hydrogens (tertiary/aromatic N) is 3. The minimum Gasteiger partial charge on any atom is -0.464 e. The van der Waals surface area contributed by atoms with Gasteiger partial charge >= 0.3 is 5.97 Å². The standard InChI is InChI=1S/C13H14FN3O2/c1-3-5-11-12(13(18)19-2)15-16-17(11)10-7-4-6-9(14)8-10/h4,6-8H,3,5H2,1-2H3. The number of methoxy groups -OCH3 is 1. The highest BCUT2D eigenvalue weighted by atomic mass is 19.1. The van der Waals surface area contributed by atoms with Gasteiger partial charge in [0.15, 0.2) is 5.69 Å². The van der Waals surface area contributed by atoms with Crippen LogP contribution in [-0.4, -0.2) is 28.1 Å². The summed E-state index contributed by atoms with van der Waals surface area (Å²) in [4.78, 5) is 11.6. The normalized spacial score (nSPS) is 10.5. The number of benzene rings is 1. The van der Waals surface area contributed by atoms with Crippen molar-refractivity contribution in [1.82, 2.24) is 15.0 Å². The lowest BCUT2D eigenvalue weighted by Crippen LogP contribution is -2.08. The molecule has 0 aliphatic rings. The molecular weight excluding hydrogens is 249 g/mol. The first-order valence-corrected chi connectivity index (χ1v) is 5.96. The van der Waals surface area contributed by atoms with Crippen LogP contribution in [0.4, 0.5) is 4.39 Å². The molecule has 0 aliphatic heterocycles. The van der Waals surface area contributed by atoms with E-state index < -0.39 is 5.97 Å². The quantitative estimate of drug-likeness (QED) is 0.793. The van der Waals surface area contributed by atoms with E-state index in [2.05, 4.69) is 15.0 Å². The number of ether oxygens (including phenoxy) is 1. The summed E-state index contributed by atoms with van der Waals surface area (Å²) in [7, 11) is 1.29. The van der Waals surface area contributed by atoms with Crippen molar-refractivity contribution in [1.29, 1.82) is 0 Å². The highest BCUT2D eigenvalue weighted by Crippen LogP contribution is 2.16. The molecule has 0 radical (unpaired) electrons. The SMILES string of the molecule is CCCc1c(C(=O)OC)nnn1-c1cccc(F)c1. The van der Waals surface area contributed by atoms with E-state index in [1.165, 1.54) is 23.9 Å². The largest absolute Gasteiger partial charge is 0.464 e. The Kier molecular flexibility index (Phi) is 3.89. The van der Waals surface area contributed by atoms with Crippen molar-refractivity contribution in [3.05, 3.63) is 41.5 Å². The molecule has 0 amide bonds. The van der Waals surface area contributed by atoms with Crippen LogP contribution in [0.25, 0.3) is 5.69 Å². The fourth-order valence-corrected chi connectivity index (χ4v) is 1.83. The van der Waals surface area contributed by atoms with E-state index in [1.54, 1.807) is 12.1 Å². The van der Waals surface area contributed by atoms with Gasteiger partial charge in [0, 0.05) is 0 Å². The van der Waals surface area contributed by atoms with Crippen LogP contribution in [0.3, 0.4) is 0 Å². The van der Waals surface area contributed by atoms with E-state index in [0.29, 0.717) is 17.8 Å². The number of halogens is 1. The van der Waals surface area contributed by atoms with E-state index in [1.807, 2.05) is 6.92 Å². The molecular formula is C13H14FN3O2. The molecule has 0 spiro atoms. The fraction of sp³-hybridized carbons (Fsp3) is 0.308. The lowest BCUT2D eigenvalue weighted by atomic mass is 10.2. The van der Waals surface area contributed by atoms with Crippen LogP contribution in [0.15, 0.2) is 24.3 Å². The number of hydrogen-bond donors (Lipinski definition) is 0. The van der Waals surface area contributed by atoms with Crippen LogP contribution in [0.1, 0.15) is 29.5 Å². The van der Waals surface area contributed by atoms with E-state index in [4.69, 9.17) is 0 Å². The van der Waals surface area contributed by atoms with Gasteiger partial charge in [-0.15, -0.1) is 5.10 Å². The van der Waals surface area contributed by atoms with E-state index >= 15 is 0 Å². The summed E-state index contributed by atoms with van der Waals surface area (Å²) in [5.41, 5.74) is 1.33. The molecule has 1 heterocycles. The average Bonchev–Trinajstić information content (AvgIpc) is 2.82. The van der Waals surface area contributed by atoms with Crippen LogP contribution < -0.4 is 0 Å². The predicted octanol–water partition coefficient (Wildman–Crippen LogP) is 2.15. The van der Waals surface area contributed by atoms with Crippen molar-refractivity contribution in [3.8, 4) is 5.69 Å². The first-order chi connectivity index (χ1) is 9.17. The van der Waals surface area contributed by atoms with Gasteiger partial charge in [0.25, 0.3) is 0 Å². The Balaban J connectivity index is 2.51. The van der Waals surface area contributed by atoms with Crippen molar-refractivity contribution < 1.29 is 13.9 Å². The Labute approximate surface area is 110 Å². The Morgan fingerprint density at radius 2 is 2.26 bits per heavy atom. The molecule has 2 aromatic rings. The second kappa shape index (κ2) is 5.60. The first kappa shape index (κ1) is 13.2. The number of aromatic nitrogens is 3. The summed E-state index contributed by atoms with van der Waals surface area (Å²) in [6, 6.07) is 5.98. The van der Waals surface area contributed by atoms with Gasteiger partial charge in [-0.05, 0) is 24.6 Å². The van der Waals surface area contributed by atoms with Gasteiger partial charge in [-0.1, -0.05) is 24.6 Å². The van der Waals surface area contributed by atoms with Crippen LogP contribution in [0, 0.1) is 5.82 Å². The summed E-state index contributed by atoms with van der Waals surface area (Å²) in [5.74, 6) is -0.902. The van der Waals surface area contributed by atoms with Crippen LogP contribution in [-0.2, 0) is 11.2 Å². The molecule has 19 heavy (non-hydrogen) atoms. The van der Waals surface area contributed by atoms with Crippen molar-refractivity contribution in [2.75, 3.05) is 7.11 Å². The number of rotatable bonds is 4.